The molecule has 0 fully saturated rings. The molecule has 0 unspecified atom stereocenters. The van der Waals surface area contributed by atoms with Gasteiger partial charge in [0.15, 0.2) is 5.12 Å². The van der Waals surface area contributed by atoms with Crippen LogP contribution in [0.4, 0.5) is 0 Å². The zero-order valence-corrected chi connectivity index (χ0v) is 11.2. The quantitative estimate of drug-likeness (QED) is 0.407. The molecule has 0 aliphatic rings. The Kier molecular flexibility index (Phi) is 13.0. The van der Waals surface area contributed by atoms with Gasteiger partial charge in [0.1, 0.15) is 0 Å². The maximum absolute atomic E-state index is 10.6. The second kappa shape index (κ2) is 13.0. The molecule has 0 aromatic carbocycles. The van der Waals surface area contributed by atoms with E-state index in [0.717, 1.165) is 19.3 Å². The van der Waals surface area contributed by atoms with Crippen molar-refractivity contribution in [2.45, 2.75) is 70.6 Å². The summed E-state index contributed by atoms with van der Waals surface area (Å²) in [6.07, 6.45) is 12.6. The lowest BCUT2D eigenvalue weighted by molar-refractivity contribution is -0.110. The minimum absolute atomic E-state index is 0.0175. The molecule has 1 N–H and O–H groups in total. The van der Waals surface area contributed by atoms with Crippen LogP contribution < -0.4 is 0 Å². The van der Waals surface area contributed by atoms with Gasteiger partial charge in [-0.2, -0.15) is 0 Å². The average molecular weight is 246 g/mol. The standard InChI is InChI=1S/C13H26O2S/c14-12-10-8-6-4-2-1-3-5-7-9-11-13(15)16/h14H,1-12H2,(H,15,16). The molecule has 0 aromatic rings. The van der Waals surface area contributed by atoms with Crippen LogP contribution in [0.3, 0.4) is 0 Å². The smallest absolute Gasteiger partial charge is 0.185 e. The molecule has 0 bridgehead atoms. The van der Waals surface area contributed by atoms with Crippen molar-refractivity contribution in [3.8, 4) is 0 Å². The van der Waals surface area contributed by atoms with E-state index in [1.165, 1.54) is 44.9 Å². The molecular formula is C13H26O2S. The number of aliphatic hydroxyl groups is 1. The SMILES string of the molecule is O=C(S)CCCCCCCCCCCCO. The Labute approximate surface area is 105 Å². The van der Waals surface area contributed by atoms with Gasteiger partial charge >= 0.3 is 0 Å². The molecule has 0 saturated heterocycles. The van der Waals surface area contributed by atoms with E-state index >= 15 is 0 Å². The highest BCUT2D eigenvalue weighted by Crippen LogP contribution is 2.11. The van der Waals surface area contributed by atoms with Crippen LogP contribution in [-0.4, -0.2) is 16.8 Å². The highest BCUT2D eigenvalue weighted by molar-refractivity contribution is 7.96. The maximum atomic E-state index is 10.6. The number of carbonyl (C=O) groups is 1. The number of hydrogen-bond acceptors (Lipinski definition) is 2. The molecule has 0 saturated carbocycles. The van der Waals surface area contributed by atoms with Crippen LogP contribution in [0.5, 0.6) is 0 Å². The molecule has 0 spiro atoms. The molecule has 0 aliphatic heterocycles. The van der Waals surface area contributed by atoms with Gasteiger partial charge in [0.2, 0.25) is 0 Å². The Morgan fingerprint density at radius 2 is 1.12 bits per heavy atom. The summed E-state index contributed by atoms with van der Waals surface area (Å²) in [6, 6.07) is 0. The summed E-state index contributed by atoms with van der Waals surface area (Å²) in [5.41, 5.74) is 0. The molecule has 16 heavy (non-hydrogen) atoms. The summed E-state index contributed by atoms with van der Waals surface area (Å²) in [4.78, 5) is 10.6. The van der Waals surface area contributed by atoms with E-state index in [1.54, 1.807) is 0 Å². The van der Waals surface area contributed by atoms with Gasteiger partial charge in [0, 0.05) is 13.0 Å². The van der Waals surface area contributed by atoms with Gasteiger partial charge in [-0.05, 0) is 12.8 Å². The van der Waals surface area contributed by atoms with Crippen molar-refractivity contribution < 1.29 is 9.90 Å². The molecule has 0 amide bonds. The molecule has 0 heterocycles. The van der Waals surface area contributed by atoms with Crippen molar-refractivity contribution in [3.05, 3.63) is 0 Å². The molecule has 0 atom stereocenters. The monoisotopic (exact) mass is 246 g/mol. The minimum Gasteiger partial charge on any atom is -0.396 e. The predicted molar refractivity (Wildman–Crippen MR) is 71.9 cm³/mol. The van der Waals surface area contributed by atoms with Crippen LogP contribution in [0.1, 0.15) is 70.6 Å². The van der Waals surface area contributed by atoms with Crippen LogP contribution in [0.25, 0.3) is 0 Å². The maximum Gasteiger partial charge on any atom is 0.185 e. The summed E-state index contributed by atoms with van der Waals surface area (Å²) in [5.74, 6) is 0. The fraction of sp³-hybridized carbons (Fsp3) is 0.923. The number of hydrogen-bond donors (Lipinski definition) is 2. The van der Waals surface area contributed by atoms with Crippen LogP contribution in [0.2, 0.25) is 0 Å². The van der Waals surface area contributed by atoms with E-state index in [4.69, 9.17) is 5.11 Å². The first-order chi connectivity index (χ1) is 7.77. The van der Waals surface area contributed by atoms with Gasteiger partial charge in [-0.15, -0.1) is 12.6 Å². The van der Waals surface area contributed by atoms with E-state index in [2.05, 4.69) is 12.6 Å². The number of rotatable bonds is 12. The Morgan fingerprint density at radius 3 is 1.50 bits per heavy atom. The zero-order valence-electron chi connectivity index (χ0n) is 10.3. The normalized spacial score (nSPS) is 10.6. The largest absolute Gasteiger partial charge is 0.396 e. The molecule has 0 aromatic heterocycles. The lowest BCUT2D eigenvalue weighted by Gasteiger charge is -2.01. The van der Waals surface area contributed by atoms with Crippen LogP contribution in [0, 0.1) is 0 Å². The lowest BCUT2D eigenvalue weighted by Crippen LogP contribution is -1.87. The number of thiol groups is 1. The third-order valence-electron chi connectivity index (χ3n) is 2.80. The molecule has 0 rings (SSSR count). The molecule has 0 radical (unpaired) electrons. The molecule has 2 nitrogen and oxygen atoms in total. The molecular weight excluding hydrogens is 220 g/mol. The Morgan fingerprint density at radius 1 is 0.750 bits per heavy atom. The molecule has 96 valence electrons. The van der Waals surface area contributed by atoms with Crippen LogP contribution in [0.15, 0.2) is 0 Å². The average Bonchev–Trinajstić information content (AvgIpc) is 2.25. The van der Waals surface area contributed by atoms with Gasteiger partial charge in [-0.3, -0.25) is 4.79 Å². The topological polar surface area (TPSA) is 37.3 Å². The summed E-state index contributed by atoms with van der Waals surface area (Å²) < 4.78 is 0. The second-order valence-corrected chi connectivity index (χ2v) is 4.90. The van der Waals surface area contributed by atoms with Crippen molar-refractivity contribution in [1.82, 2.24) is 0 Å². The zero-order chi connectivity index (χ0) is 12.1. The van der Waals surface area contributed by atoms with E-state index in [0.29, 0.717) is 13.0 Å². The fourth-order valence-corrected chi connectivity index (χ4v) is 1.96. The number of aliphatic hydroxyl groups excluding tert-OH is 1. The first-order valence-corrected chi connectivity index (χ1v) is 7.04. The summed E-state index contributed by atoms with van der Waals surface area (Å²) in [5, 5.41) is 8.62. The first kappa shape index (κ1) is 16.0. The fourth-order valence-electron chi connectivity index (χ4n) is 1.80. The van der Waals surface area contributed by atoms with Gasteiger partial charge in [-0.25, -0.2) is 0 Å². The molecule has 0 aliphatic carbocycles. The van der Waals surface area contributed by atoms with E-state index in [-0.39, 0.29) is 5.12 Å². The Hall–Kier alpha value is -0.0200. The van der Waals surface area contributed by atoms with E-state index in [1.807, 2.05) is 0 Å². The highest BCUT2D eigenvalue weighted by Gasteiger charge is 1.95. The van der Waals surface area contributed by atoms with Crippen molar-refractivity contribution in [1.29, 1.82) is 0 Å². The number of unbranched alkanes of at least 4 members (excludes halogenated alkanes) is 9. The lowest BCUT2D eigenvalue weighted by atomic mass is 10.1. The Bertz CT molecular complexity index is 160. The predicted octanol–water partition coefficient (Wildman–Crippen LogP) is 3.73. The van der Waals surface area contributed by atoms with Crippen LogP contribution in [-0.2, 0) is 4.79 Å². The van der Waals surface area contributed by atoms with Crippen molar-refractivity contribution >= 4 is 17.7 Å². The summed E-state index contributed by atoms with van der Waals surface area (Å²) in [7, 11) is 0. The van der Waals surface area contributed by atoms with Gasteiger partial charge in [0.25, 0.3) is 0 Å². The molecule has 3 heteroatoms. The summed E-state index contributed by atoms with van der Waals surface area (Å²) in [6.45, 7) is 0.337. The highest BCUT2D eigenvalue weighted by atomic mass is 32.1. The third-order valence-corrected chi connectivity index (χ3v) is 3.02. The minimum atomic E-state index is 0.0175. The van der Waals surface area contributed by atoms with Crippen molar-refractivity contribution in [2.75, 3.05) is 6.61 Å². The van der Waals surface area contributed by atoms with E-state index < -0.39 is 0 Å². The second-order valence-electron chi connectivity index (χ2n) is 4.40. The number of carbonyl (C=O) groups excluding carboxylic acids is 1. The van der Waals surface area contributed by atoms with Crippen molar-refractivity contribution in [2.24, 2.45) is 0 Å². The van der Waals surface area contributed by atoms with E-state index in [9.17, 15) is 4.79 Å². The van der Waals surface area contributed by atoms with Gasteiger partial charge in [-0.1, -0.05) is 51.4 Å². The van der Waals surface area contributed by atoms with Crippen molar-refractivity contribution in [3.63, 3.8) is 0 Å². The van der Waals surface area contributed by atoms with Gasteiger partial charge in [0.05, 0.1) is 0 Å². The Balaban J connectivity index is 2.90. The first-order valence-electron chi connectivity index (χ1n) is 6.60. The van der Waals surface area contributed by atoms with Crippen LogP contribution >= 0.6 is 12.6 Å². The summed E-state index contributed by atoms with van der Waals surface area (Å²) >= 11 is 3.74. The third kappa shape index (κ3) is 14.0. The van der Waals surface area contributed by atoms with Gasteiger partial charge < -0.3 is 5.11 Å².